The maximum Gasteiger partial charge on any atom is 0.0714 e. The Balaban J connectivity index is 1.16. The molecule has 0 atom stereocenters. The van der Waals surface area contributed by atoms with E-state index in [4.69, 9.17) is 0 Å². The van der Waals surface area contributed by atoms with Gasteiger partial charge in [0.2, 0.25) is 0 Å². The maximum atomic E-state index is 2.45. The van der Waals surface area contributed by atoms with Gasteiger partial charge in [0.25, 0.3) is 0 Å². The van der Waals surface area contributed by atoms with E-state index in [1.807, 2.05) is 0 Å². The lowest BCUT2D eigenvalue weighted by Gasteiger charge is -2.35. The summed E-state index contributed by atoms with van der Waals surface area (Å²) in [4.78, 5) is 2.43. The molecule has 1 aliphatic carbocycles. The van der Waals surface area contributed by atoms with Crippen molar-refractivity contribution < 1.29 is 0 Å². The lowest BCUT2D eigenvalue weighted by molar-refractivity contribution is 0.768. The van der Waals surface area contributed by atoms with Gasteiger partial charge in [-0.05, 0) is 128 Å². The molecule has 0 spiro atoms. The molecule has 1 nitrogen and oxygen atoms in total. The molecule has 0 aliphatic heterocycles. The maximum absolute atomic E-state index is 2.45. The Morgan fingerprint density at radius 3 is 1.47 bits per heavy atom. The van der Waals surface area contributed by atoms with Crippen molar-refractivity contribution in [3.63, 3.8) is 0 Å². The van der Waals surface area contributed by atoms with Crippen LogP contribution >= 0.6 is 0 Å². The van der Waals surface area contributed by atoms with Crippen molar-refractivity contribution in [3.8, 4) is 44.5 Å². The summed E-state index contributed by atoms with van der Waals surface area (Å²) in [7, 11) is 0. The highest BCUT2D eigenvalue weighted by Gasteiger charge is 2.46. The van der Waals surface area contributed by atoms with E-state index < -0.39 is 5.41 Å². The highest BCUT2D eigenvalue weighted by atomic mass is 15.1. The van der Waals surface area contributed by atoms with Gasteiger partial charge in [0.1, 0.15) is 0 Å². The van der Waals surface area contributed by atoms with E-state index in [1.54, 1.807) is 0 Å². The van der Waals surface area contributed by atoms with Crippen molar-refractivity contribution in [1.82, 2.24) is 0 Å². The van der Waals surface area contributed by atoms with Gasteiger partial charge in [-0.3, -0.25) is 0 Å². The predicted molar refractivity (Wildman–Crippen MR) is 244 cm³/mol. The molecule has 0 saturated heterocycles. The van der Waals surface area contributed by atoms with Crippen molar-refractivity contribution >= 4 is 17.1 Å². The van der Waals surface area contributed by atoms with Crippen LogP contribution in [0, 0.1) is 13.8 Å². The molecule has 0 fully saturated rings. The average Bonchev–Trinajstić information content (AvgIpc) is 3.58. The third-order valence-electron chi connectivity index (χ3n) is 12.0. The molecule has 0 amide bonds. The first-order chi connectivity index (χ1) is 28.6. The molecule has 0 bridgehead atoms. The number of aryl methyl sites for hydroxylation is 2. The first kappa shape index (κ1) is 35.2. The molecule has 9 aromatic carbocycles. The average molecular weight is 742 g/mol. The van der Waals surface area contributed by atoms with Gasteiger partial charge in [0.05, 0.1) is 5.41 Å². The third-order valence-corrected chi connectivity index (χ3v) is 12.0. The molecule has 276 valence electrons. The Morgan fingerprint density at radius 2 is 0.776 bits per heavy atom. The lowest BCUT2D eigenvalue weighted by Crippen LogP contribution is -2.28. The fourth-order valence-electron chi connectivity index (χ4n) is 9.30. The Kier molecular flexibility index (Phi) is 8.92. The summed E-state index contributed by atoms with van der Waals surface area (Å²) in [6.07, 6.45) is 0. The quantitative estimate of drug-likeness (QED) is 0.150. The van der Waals surface area contributed by atoms with Crippen LogP contribution in [0.15, 0.2) is 224 Å². The van der Waals surface area contributed by atoms with E-state index in [0.717, 1.165) is 17.1 Å². The van der Waals surface area contributed by atoms with Crippen LogP contribution in [-0.2, 0) is 5.41 Å². The summed E-state index contributed by atoms with van der Waals surface area (Å²) in [6.45, 7) is 4.42. The van der Waals surface area contributed by atoms with E-state index >= 15 is 0 Å². The van der Waals surface area contributed by atoms with Crippen molar-refractivity contribution in [2.24, 2.45) is 0 Å². The third kappa shape index (κ3) is 5.95. The summed E-state index contributed by atoms with van der Waals surface area (Å²) < 4.78 is 0. The number of hydrogen-bond acceptors (Lipinski definition) is 1. The van der Waals surface area contributed by atoms with E-state index in [-0.39, 0.29) is 0 Å². The molecule has 0 N–H and O–H groups in total. The van der Waals surface area contributed by atoms with Crippen LogP contribution in [0.25, 0.3) is 44.5 Å². The van der Waals surface area contributed by atoms with Gasteiger partial charge in [-0.1, -0.05) is 188 Å². The van der Waals surface area contributed by atoms with Crippen LogP contribution in [0.5, 0.6) is 0 Å². The second-order valence-corrected chi connectivity index (χ2v) is 15.4. The molecule has 58 heavy (non-hydrogen) atoms. The van der Waals surface area contributed by atoms with Gasteiger partial charge in [-0.25, -0.2) is 0 Å². The second kappa shape index (κ2) is 14.7. The van der Waals surface area contributed by atoms with Gasteiger partial charge in [0.15, 0.2) is 0 Å². The molecule has 0 radical (unpaired) electrons. The van der Waals surface area contributed by atoms with Gasteiger partial charge in [-0.15, -0.1) is 0 Å². The Bertz CT molecular complexity index is 2850. The molecule has 0 unspecified atom stereocenters. The minimum Gasteiger partial charge on any atom is -0.310 e. The van der Waals surface area contributed by atoms with Crippen LogP contribution in [0.4, 0.5) is 17.1 Å². The monoisotopic (exact) mass is 741 g/mol. The Hall–Kier alpha value is -7.22. The number of anilines is 3. The van der Waals surface area contributed by atoms with Gasteiger partial charge >= 0.3 is 0 Å². The summed E-state index contributed by atoms with van der Waals surface area (Å²) in [5.74, 6) is 0. The van der Waals surface area contributed by atoms with Gasteiger partial charge in [0, 0.05) is 17.1 Å². The topological polar surface area (TPSA) is 3.24 Å². The minimum absolute atomic E-state index is 0.495. The molecule has 1 heteroatoms. The van der Waals surface area contributed by atoms with Crippen molar-refractivity contribution in [3.05, 3.63) is 258 Å². The summed E-state index contributed by atoms with van der Waals surface area (Å²) in [6, 6.07) is 82.4. The summed E-state index contributed by atoms with van der Waals surface area (Å²) in [5.41, 5.74) is 20.4. The summed E-state index contributed by atoms with van der Waals surface area (Å²) in [5, 5.41) is 0. The van der Waals surface area contributed by atoms with E-state index in [9.17, 15) is 0 Å². The number of fused-ring (bicyclic) bond motifs is 3. The molecule has 1 aliphatic rings. The molecular weight excluding hydrogens is 699 g/mol. The van der Waals surface area contributed by atoms with Gasteiger partial charge < -0.3 is 4.90 Å². The number of nitrogens with zero attached hydrogens (tertiary/aromatic N) is 1. The highest BCUT2D eigenvalue weighted by molar-refractivity contribution is 5.90. The zero-order chi connectivity index (χ0) is 39.1. The fraction of sp³-hybridized carbons (Fsp3) is 0.0526. The Labute approximate surface area is 342 Å². The normalized spacial score (nSPS) is 12.4. The first-order valence-electron chi connectivity index (χ1n) is 20.2. The fourth-order valence-corrected chi connectivity index (χ4v) is 9.30. The van der Waals surface area contributed by atoms with Crippen LogP contribution in [-0.4, -0.2) is 0 Å². The SMILES string of the molecule is Cc1ccccc1-c1ccc(-c2cccc(N(c3ccc(-c4ccccc4)cc3)c3ccc4c(c3)C(c3ccccc3)(c3ccccc3)c3ccccc3-4)c2)cc1C. The van der Waals surface area contributed by atoms with Crippen molar-refractivity contribution in [1.29, 1.82) is 0 Å². The van der Waals surface area contributed by atoms with Crippen LogP contribution in [0.2, 0.25) is 0 Å². The molecule has 10 rings (SSSR count). The van der Waals surface area contributed by atoms with Crippen LogP contribution < -0.4 is 4.90 Å². The van der Waals surface area contributed by atoms with E-state index in [2.05, 4.69) is 243 Å². The lowest BCUT2D eigenvalue weighted by atomic mass is 9.67. The molecule has 9 aromatic rings. The zero-order valence-corrected chi connectivity index (χ0v) is 32.8. The summed E-state index contributed by atoms with van der Waals surface area (Å²) >= 11 is 0. The zero-order valence-electron chi connectivity index (χ0n) is 32.8. The molecular formula is C57H43N. The number of hydrogen-bond donors (Lipinski definition) is 0. The van der Waals surface area contributed by atoms with Crippen molar-refractivity contribution in [2.45, 2.75) is 19.3 Å². The first-order valence-corrected chi connectivity index (χ1v) is 20.2. The van der Waals surface area contributed by atoms with Crippen LogP contribution in [0.3, 0.4) is 0 Å². The van der Waals surface area contributed by atoms with Gasteiger partial charge in [-0.2, -0.15) is 0 Å². The standard InChI is InChI=1S/C57H43N/c1-40-17-12-13-26-51(40)52-35-31-45(37-41(52)2)44-20-16-25-49(38-44)58(48-32-29-43(30-33-48)42-18-6-3-7-19-42)50-34-36-54-53-27-14-15-28-55(53)57(56(54)39-50,46-21-8-4-9-22-46)47-23-10-5-11-24-47/h3-39H,1-2H3. The minimum atomic E-state index is -0.495. The molecule has 0 aromatic heterocycles. The van der Waals surface area contributed by atoms with Crippen LogP contribution in [0.1, 0.15) is 33.4 Å². The molecule has 0 heterocycles. The number of rotatable bonds is 8. The van der Waals surface area contributed by atoms with E-state index in [1.165, 1.54) is 77.9 Å². The second-order valence-electron chi connectivity index (χ2n) is 15.4. The Morgan fingerprint density at radius 1 is 0.293 bits per heavy atom. The number of benzene rings is 9. The van der Waals surface area contributed by atoms with Crippen molar-refractivity contribution in [2.75, 3.05) is 4.90 Å². The smallest absolute Gasteiger partial charge is 0.0714 e. The largest absolute Gasteiger partial charge is 0.310 e. The highest BCUT2D eigenvalue weighted by Crippen LogP contribution is 2.57. The molecule has 0 saturated carbocycles. The predicted octanol–water partition coefficient (Wildman–Crippen LogP) is 15.1. The van der Waals surface area contributed by atoms with E-state index in [0.29, 0.717) is 0 Å².